The van der Waals surface area contributed by atoms with Gasteiger partial charge in [-0.25, -0.2) is 0 Å². The molecule has 0 bridgehead atoms. The first kappa shape index (κ1) is 21.9. The number of allylic oxidation sites excluding steroid dienone is 5. The summed E-state index contributed by atoms with van der Waals surface area (Å²) in [6.07, 6.45) is 20.2. The molecule has 1 N–H and O–H groups in total. The van der Waals surface area contributed by atoms with E-state index >= 15 is 0 Å². The molecule has 28 heavy (non-hydrogen) atoms. The quantitative estimate of drug-likeness (QED) is 0.496. The van der Waals surface area contributed by atoms with Gasteiger partial charge in [0.25, 0.3) is 0 Å². The first-order valence-electron chi connectivity index (χ1n) is 12.0. The number of hydrogen-bond donors (Lipinski definition) is 1. The van der Waals surface area contributed by atoms with E-state index in [0.29, 0.717) is 5.41 Å². The summed E-state index contributed by atoms with van der Waals surface area (Å²) in [6, 6.07) is 0. The molecule has 0 aromatic carbocycles. The van der Waals surface area contributed by atoms with E-state index in [1.54, 1.807) is 5.57 Å². The zero-order valence-corrected chi connectivity index (χ0v) is 19.0. The van der Waals surface area contributed by atoms with E-state index in [1.165, 1.54) is 75.4 Å². The lowest BCUT2D eigenvalue weighted by Crippen LogP contribution is -2.36. The average Bonchev–Trinajstić information content (AvgIpc) is 2.97. The van der Waals surface area contributed by atoms with Crippen LogP contribution >= 0.6 is 0 Å². The molecule has 0 saturated heterocycles. The highest BCUT2D eigenvalue weighted by molar-refractivity contribution is 5.35. The second kappa shape index (κ2) is 8.90. The molecule has 0 spiro atoms. The normalized spacial score (nSPS) is 35.4. The SMILES string of the molecule is C=C1CCCC/C1=C/C=C1\CCC[C@@]2(C)C1CC[C@@H]2[C@H](C)CCCC(C)(C)O. The highest BCUT2D eigenvalue weighted by Gasteiger charge is 2.50. The van der Waals surface area contributed by atoms with Crippen LogP contribution in [-0.4, -0.2) is 10.7 Å². The zero-order chi connectivity index (χ0) is 20.4. The van der Waals surface area contributed by atoms with Crippen molar-refractivity contribution in [3.63, 3.8) is 0 Å². The third kappa shape index (κ3) is 5.02. The van der Waals surface area contributed by atoms with Crippen LogP contribution in [0.5, 0.6) is 0 Å². The van der Waals surface area contributed by atoms with Crippen LogP contribution in [0.25, 0.3) is 0 Å². The lowest BCUT2D eigenvalue weighted by Gasteiger charge is -2.44. The van der Waals surface area contributed by atoms with E-state index in [9.17, 15) is 5.11 Å². The van der Waals surface area contributed by atoms with Crippen LogP contribution in [0.1, 0.15) is 105 Å². The van der Waals surface area contributed by atoms with Crippen molar-refractivity contribution in [2.45, 2.75) is 110 Å². The third-order valence-corrected chi connectivity index (χ3v) is 8.30. The van der Waals surface area contributed by atoms with Gasteiger partial charge in [0.1, 0.15) is 0 Å². The van der Waals surface area contributed by atoms with Gasteiger partial charge in [0.15, 0.2) is 0 Å². The smallest absolute Gasteiger partial charge is 0.0591 e. The van der Waals surface area contributed by atoms with Gasteiger partial charge in [0, 0.05) is 0 Å². The summed E-state index contributed by atoms with van der Waals surface area (Å²) in [7, 11) is 0. The average molecular weight is 385 g/mol. The maximum atomic E-state index is 10.0. The molecule has 3 rings (SSSR count). The number of fused-ring (bicyclic) bond motifs is 1. The zero-order valence-electron chi connectivity index (χ0n) is 19.0. The van der Waals surface area contributed by atoms with Crippen molar-refractivity contribution in [1.29, 1.82) is 0 Å². The molecule has 3 fully saturated rings. The Kier molecular flexibility index (Phi) is 6.96. The molecule has 3 saturated carbocycles. The van der Waals surface area contributed by atoms with Crippen molar-refractivity contribution in [3.05, 3.63) is 35.5 Å². The van der Waals surface area contributed by atoms with Gasteiger partial charge in [-0.2, -0.15) is 0 Å². The lowest BCUT2D eigenvalue weighted by atomic mass is 9.60. The van der Waals surface area contributed by atoms with Crippen LogP contribution in [0.15, 0.2) is 35.5 Å². The van der Waals surface area contributed by atoms with Crippen molar-refractivity contribution in [1.82, 2.24) is 0 Å². The van der Waals surface area contributed by atoms with E-state index in [2.05, 4.69) is 32.6 Å². The van der Waals surface area contributed by atoms with Gasteiger partial charge in [-0.3, -0.25) is 0 Å². The summed E-state index contributed by atoms with van der Waals surface area (Å²) >= 11 is 0. The Hall–Kier alpha value is -0.820. The molecule has 0 aromatic rings. The molecule has 4 atom stereocenters. The molecule has 0 heterocycles. The summed E-state index contributed by atoms with van der Waals surface area (Å²) in [5.41, 5.74) is 4.59. The van der Waals surface area contributed by atoms with Gasteiger partial charge >= 0.3 is 0 Å². The Morgan fingerprint density at radius 3 is 2.61 bits per heavy atom. The fourth-order valence-corrected chi connectivity index (χ4v) is 6.67. The van der Waals surface area contributed by atoms with Gasteiger partial charge in [-0.1, -0.05) is 56.6 Å². The van der Waals surface area contributed by atoms with Crippen LogP contribution in [0, 0.1) is 23.2 Å². The van der Waals surface area contributed by atoms with Gasteiger partial charge in [0.2, 0.25) is 0 Å². The van der Waals surface area contributed by atoms with Crippen LogP contribution in [0.4, 0.5) is 0 Å². The molecule has 1 heteroatoms. The van der Waals surface area contributed by atoms with Crippen molar-refractivity contribution in [2.75, 3.05) is 0 Å². The second-order valence-electron chi connectivity index (χ2n) is 11.0. The molecule has 0 aromatic heterocycles. The Bertz CT molecular complexity index is 617. The molecule has 0 radical (unpaired) electrons. The van der Waals surface area contributed by atoms with Crippen LogP contribution in [-0.2, 0) is 0 Å². The molecule has 0 aliphatic heterocycles. The minimum atomic E-state index is -0.515. The van der Waals surface area contributed by atoms with E-state index in [0.717, 1.165) is 30.6 Å². The molecule has 1 nitrogen and oxygen atoms in total. The standard InChI is InChI=1S/C27H44O/c1-20-10-6-7-12-22(20)14-15-23-13-9-19-27(5)24(16-17-25(23)27)21(2)11-8-18-26(3,4)28/h14-15,21,24-25,28H,1,6-13,16-19H2,2-5H3/b22-14-,23-15+/t21-,24-,25?,27-/m1/s1. The van der Waals surface area contributed by atoms with Crippen LogP contribution in [0.3, 0.4) is 0 Å². The maximum Gasteiger partial charge on any atom is 0.0591 e. The maximum absolute atomic E-state index is 10.0. The Morgan fingerprint density at radius 2 is 1.89 bits per heavy atom. The van der Waals surface area contributed by atoms with Crippen LogP contribution in [0.2, 0.25) is 0 Å². The van der Waals surface area contributed by atoms with Crippen molar-refractivity contribution in [2.24, 2.45) is 23.2 Å². The Balaban J connectivity index is 1.67. The summed E-state index contributed by atoms with van der Waals surface area (Å²) in [5, 5.41) is 10.0. The molecule has 3 aliphatic carbocycles. The van der Waals surface area contributed by atoms with Crippen molar-refractivity contribution >= 4 is 0 Å². The predicted molar refractivity (Wildman–Crippen MR) is 121 cm³/mol. The number of aliphatic hydroxyl groups is 1. The lowest BCUT2D eigenvalue weighted by molar-refractivity contribution is 0.0597. The minimum Gasteiger partial charge on any atom is -0.390 e. The molecule has 158 valence electrons. The van der Waals surface area contributed by atoms with Gasteiger partial charge in [0.05, 0.1) is 5.60 Å². The minimum absolute atomic E-state index is 0.486. The molecule has 0 amide bonds. The Morgan fingerprint density at radius 1 is 1.14 bits per heavy atom. The summed E-state index contributed by atoms with van der Waals surface area (Å²) in [5.74, 6) is 2.41. The van der Waals surface area contributed by atoms with E-state index in [-0.39, 0.29) is 0 Å². The van der Waals surface area contributed by atoms with Gasteiger partial charge in [-0.15, -0.1) is 0 Å². The molecule has 3 aliphatic rings. The molecular weight excluding hydrogens is 340 g/mol. The van der Waals surface area contributed by atoms with E-state index < -0.39 is 5.60 Å². The summed E-state index contributed by atoms with van der Waals surface area (Å²) in [6.45, 7) is 13.3. The summed E-state index contributed by atoms with van der Waals surface area (Å²) in [4.78, 5) is 0. The predicted octanol–water partition coefficient (Wildman–Crippen LogP) is 7.76. The van der Waals surface area contributed by atoms with E-state index in [4.69, 9.17) is 0 Å². The van der Waals surface area contributed by atoms with Crippen molar-refractivity contribution < 1.29 is 5.11 Å². The number of rotatable bonds is 6. The Labute approximate surface area is 174 Å². The first-order valence-corrected chi connectivity index (χ1v) is 12.0. The monoisotopic (exact) mass is 384 g/mol. The topological polar surface area (TPSA) is 20.2 Å². The highest BCUT2D eigenvalue weighted by atomic mass is 16.3. The van der Waals surface area contributed by atoms with E-state index in [1.807, 2.05) is 13.8 Å². The molecular formula is C27H44O. The van der Waals surface area contributed by atoms with Crippen LogP contribution < -0.4 is 0 Å². The fraction of sp³-hybridized carbons (Fsp3) is 0.778. The largest absolute Gasteiger partial charge is 0.390 e. The highest BCUT2D eigenvalue weighted by Crippen LogP contribution is 2.59. The summed E-state index contributed by atoms with van der Waals surface area (Å²) < 4.78 is 0. The van der Waals surface area contributed by atoms with Gasteiger partial charge in [-0.05, 0) is 107 Å². The van der Waals surface area contributed by atoms with Gasteiger partial charge < -0.3 is 5.11 Å². The van der Waals surface area contributed by atoms with Crippen molar-refractivity contribution in [3.8, 4) is 0 Å². The second-order valence-corrected chi connectivity index (χ2v) is 11.0. The first-order chi connectivity index (χ1) is 13.2. The number of hydrogen-bond acceptors (Lipinski definition) is 1. The fourth-order valence-electron chi connectivity index (χ4n) is 6.67. The molecule has 1 unspecified atom stereocenters. The third-order valence-electron chi connectivity index (χ3n) is 8.30.